The molecule has 1 aromatic rings. The SMILES string of the molecule is CO[Si](C)(CC(C)(C)CNc1ccccc1)OC. The molecule has 18 heavy (non-hydrogen) atoms. The van der Waals surface area contributed by atoms with Gasteiger partial charge in [-0.2, -0.15) is 0 Å². The first-order chi connectivity index (χ1) is 8.41. The van der Waals surface area contributed by atoms with Gasteiger partial charge in [-0.05, 0) is 30.1 Å². The lowest BCUT2D eigenvalue weighted by atomic mass is 9.96. The molecule has 0 spiro atoms. The van der Waals surface area contributed by atoms with Crippen LogP contribution < -0.4 is 5.32 Å². The van der Waals surface area contributed by atoms with Gasteiger partial charge in [0.05, 0.1) is 0 Å². The van der Waals surface area contributed by atoms with Crippen molar-refractivity contribution in [1.29, 1.82) is 0 Å². The molecule has 0 radical (unpaired) electrons. The van der Waals surface area contributed by atoms with Crippen LogP contribution in [0.2, 0.25) is 12.6 Å². The van der Waals surface area contributed by atoms with Gasteiger partial charge in [0.2, 0.25) is 0 Å². The fourth-order valence-corrected chi connectivity index (χ4v) is 4.38. The monoisotopic (exact) mass is 267 g/mol. The first-order valence-electron chi connectivity index (χ1n) is 6.30. The van der Waals surface area contributed by atoms with Crippen molar-refractivity contribution in [3.05, 3.63) is 30.3 Å². The summed E-state index contributed by atoms with van der Waals surface area (Å²) in [5.74, 6) is 0. The smallest absolute Gasteiger partial charge is 0.334 e. The molecule has 4 heteroatoms. The second-order valence-corrected chi connectivity index (χ2v) is 9.04. The molecule has 102 valence electrons. The normalized spacial score (nSPS) is 12.5. The molecule has 0 saturated heterocycles. The van der Waals surface area contributed by atoms with Gasteiger partial charge in [-0.3, -0.25) is 0 Å². The van der Waals surface area contributed by atoms with Gasteiger partial charge in [0.15, 0.2) is 0 Å². The first kappa shape index (κ1) is 15.2. The second kappa shape index (κ2) is 6.36. The van der Waals surface area contributed by atoms with Crippen molar-refractivity contribution in [3.63, 3.8) is 0 Å². The van der Waals surface area contributed by atoms with Gasteiger partial charge < -0.3 is 14.2 Å². The van der Waals surface area contributed by atoms with Gasteiger partial charge >= 0.3 is 8.56 Å². The predicted octanol–water partition coefficient (Wildman–Crippen LogP) is 3.49. The Labute approximate surface area is 112 Å². The van der Waals surface area contributed by atoms with Crippen molar-refractivity contribution in [2.75, 3.05) is 26.1 Å². The average Bonchev–Trinajstić information content (AvgIpc) is 2.37. The van der Waals surface area contributed by atoms with E-state index in [0.29, 0.717) is 0 Å². The van der Waals surface area contributed by atoms with Gasteiger partial charge in [0, 0.05) is 26.5 Å². The molecular weight excluding hydrogens is 242 g/mol. The van der Waals surface area contributed by atoms with Crippen molar-refractivity contribution < 1.29 is 8.85 Å². The second-order valence-electron chi connectivity index (χ2n) is 5.60. The summed E-state index contributed by atoms with van der Waals surface area (Å²) >= 11 is 0. The van der Waals surface area contributed by atoms with Crippen LogP contribution in [0.15, 0.2) is 30.3 Å². The molecule has 0 amide bonds. The van der Waals surface area contributed by atoms with Crippen LogP contribution in [0.4, 0.5) is 5.69 Å². The molecule has 0 saturated carbocycles. The van der Waals surface area contributed by atoms with E-state index in [1.807, 2.05) is 18.2 Å². The summed E-state index contributed by atoms with van der Waals surface area (Å²) in [4.78, 5) is 0. The third-order valence-electron chi connectivity index (χ3n) is 3.21. The summed E-state index contributed by atoms with van der Waals surface area (Å²) in [5.41, 5.74) is 1.30. The Bertz CT molecular complexity index is 350. The van der Waals surface area contributed by atoms with E-state index in [1.54, 1.807) is 14.2 Å². The summed E-state index contributed by atoms with van der Waals surface area (Å²) in [5, 5.41) is 3.47. The van der Waals surface area contributed by atoms with Crippen LogP contribution in [0, 0.1) is 5.41 Å². The van der Waals surface area contributed by atoms with Crippen LogP contribution in [-0.2, 0) is 8.85 Å². The lowest BCUT2D eigenvalue weighted by Gasteiger charge is -2.33. The Morgan fingerprint density at radius 1 is 1.11 bits per heavy atom. The van der Waals surface area contributed by atoms with Crippen LogP contribution >= 0.6 is 0 Å². The van der Waals surface area contributed by atoms with E-state index < -0.39 is 8.56 Å². The van der Waals surface area contributed by atoms with Crippen LogP contribution in [0.5, 0.6) is 0 Å². The highest BCUT2D eigenvalue weighted by Gasteiger charge is 2.36. The molecule has 0 heterocycles. The maximum absolute atomic E-state index is 5.56. The third kappa shape index (κ3) is 4.80. The van der Waals surface area contributed by atoms with E-state index in [9.17, 15) is 0 Å². The molecule has 1 rings (SSSR count). The summed E-state index contributed by atoms with van der Waals surface area (Å²) in [6, 6.07) is 11.2. The molecular formula is C14H25NO2Si. The Hall–Kier alpha value is -0.843. The van der Waals surface area contributed by atoms with E-state index >= 15 is 0 Å². The molecule has 0 atom stereocenters. The van der Waals surface area contributed by atoms with E-state index in [0.717, 1.165) is 18.3 Å². The van der Waals surface area contributed by atoms with E-state index in [4.69, 9.17) is 8.85 Å². The molecule has 0 unspecified atom stereocenters. The van der Waals surface area contributed by atoms with E-state index in [-0.39, 0.29) is 5.41 Å². The standard InChI is InChI=1S/C14H25NO2Si/c1-14(2,12-18(5,16-3)17-4)11-15-13-9-7-6-8-10-13/h6-10,15H,11-12H2,1-5H3. The van der Waals surface area contributed by atoms with Crippen molar-refractivity contribution >= 4 is 14.2 Å². The van der Waals surface area contributed by atoms with Crippen LogP contribution in [0.3, 0.4) is 0 Å². The quantitative estimate of drug-likeness (QED) is 0.767. The lowest BCUT2D eigenvalue weighted by Crippen LogP contribution is -2.42. The number of nitrogens with one attached hydrogen (secondary N) is 1. The number of hydrogen-bond donors (Lipinski definition) is 1. The molecule has 0 bridgehead atoms. The summed E-state index contributed by atoms with van der Waals surface area (Å²) in [6.07, 6.45) is 0. The maximum Gasteiger partial charge on any atom is 0.334 e. The maximum atomic E-state index is 5.56. The zero-order chi connectivity index (χ0) is 13.6. The minimum atomic E-state index is -2.01. The van der Waals surface area contributed by atoms with Gasteiger partial charge in [0.25, 0.3) is 0 Å². The molecule has 1 N–H and O–H groups in total. The Morgan fingerprint density at radius 3 is 2.17 bits per heavy atom. The van der Waals surface area contributed by atoms with Gasteiger partial charge in [-0.15, -0.1) is 0 Å². The molecule has 0 fully saturated rings. The molecule has 0 aliphatic heterocycles. The third-order valence-corrected chi connectivity index (χ3v) is 6.53. The highest BCUT2D eigenvalue weighted by Crippen LogP contribution is 2.29. The van der Waals surface area contributed by atoms with Gasteiger partial charge in [0.1, 0.15) is 0 Å². The minimum Gasteiger partial charge on any atom is -0.398 e. The van der Waals surface area contributed by atoms with Crippen LogP contribution in [-0.4, -0.2) is 29.3 Å². The summed E-state index contributed by atoms with van der Waals surface area (Å²) in [7, 11) is 1.48. The van der Waals surface area contributed by atoms with E-state index in [2.05, 4.69) is 37.8 Å². The number of benzene rings is 1. The number of hydrogen-bond acceptors (Lipinski definition) is 3. The molecule has 0 aromatic heterocycles. The number of rotatable bonds is 7. The topological polar surface area (TPSA) is 30.5 Å². The number of anilines is 1. The zero-order valence-corrected chi connectivity index (χ0v) is 13.1. The Kier molecular flexibility index (Phi) is 5.38. The molecule has 0 aliphatic carbocycles. The Morgan fingerprint density at radius 2 is 1.67 bits per heavy atom. The molecule has 1 aromatic carbocycles. The highest BCUT2D eigenvalue weighted by molar-refractivity contribution is 6.66. The summed E-state index contributed by atoms with van der Waals surface area (Å²) in [6.45, 7) is 7.50. The highest BCUT2D eigenvalue weighted by atomic mass is 28.4. The number of para-hydroxylation sites is 1. The average molecular weight is 267 g/mol. The predicted molar refractivity (Wildman–Crippen MR) is 79.2 cm³/mol. The van der Waals surface area contributed by atoms with Crippen molar-refractivity contribution in [1.82, 2.24) is 0 Å². The van der Waals surface area contributed by atoms with Crippen LogP contribution in [0.25, 0.3) is 0 Å². The largest absolute Gasteiger partial charge is 0.398 e. The van der Waals surface area contributed by atoms with Crippen molar-refractivity contribution in [2.45, 2.75) is 26.4 Å². The molecule has 0 aliphatic rings. The zero-order valence-electron chi connectivity index (χ0n) is 12.1. The lowest BCUT2D eigenvalue weighted by molar-refractivity contribution is 0.230. The van der Waals surface area contributed by atoms with Gasteiger partial charge in [-0.25, -0.2) is 0 Å². The Balaban J connectivity index is 2.54. The van der Waals surface area contributed by atoms with Gasteiger partial charge in [-0.1, -0.05) is 32.0 Å². The van der Waals surface area contributed by atoms with E-state index in [1.165, 1.54) is 0 Å². The minimum absolute atomic E-state index is 0.142. The molecule has 3 nitrogen and oxygen atoms in total. The van der Waals surface area contributed by atoms with Crippen molar-refractivity contribution in [3.8, 4) is 0 Å². The fourth-order valence-electron chi connectivity index (χ4n) is 2.06. The van der Waals surface area contributed by atoms with Crippen molar-refractivity contribution in [2.24, 2.45) is 5.41 Å². The summed E-state index contributed by atoms with van der Waals surface area (Å²) < 4.78 is 11.1. The first-order valence-corrected chi connectivity index (χ1v) is 8.82. The fraction of sp³-hybridized carbons (Fsp3) is 0.571. The van der Waals surface area contributed by atoms with Crippen LogP contribution in [0.1, 0.15) is 13.8 Å².